The van der Waals surface area contributed by atoms with Gasteiger partial charge in [-0.25, -0.2) is 4.98 Å². The first kappa shape index (κ1) is 10.5. The molecule has 0 fully saturated rings. The third-order valence-electron chi connectivity index (χ3n) is 2.24. The quantitative estimate of drug-likeness (QED) is 0.847. The Labute approximate surface area is 93.9 Å². The molecule has 5 heteroatoms. The lowest BCUT2D eigenvalue weighted by Crippen LogP contribution is -2.17. The van der Waals surface area contributed by atoms with Crippen LogP contribution in [0, 0.1) is 6.92 Å². The first-order chi connectivity index (χ1) is 7.65. The predicted octanol–water partition coefficient (Wildman–Crippen LogP) is 1.60. The molecular weight excluding hydrogens is 204 g/mol. The lowest BCUT2D eigenvalue weighted by molar-refractivity contribution is 0.390. The summed E-state index contributed by atoms with van der Waals surface area (Å²) < 4.78 is 5.00. The number of rotatable bonds is 3. The van der Waals surface area contributed by atoms with Crippen molar-refractivity contribution in [3.05, 3.63) is 35.9 Å². The first-order valence-corrected chi connectivity index (χ1v) is 5.00. The maximum absolute atomic E-state index is 5.57. The number of nitrogen functional groups attached to an aromatic ring is 1. The Hall–Kier alpha value is -2.04. The molecule has 0 spiro atoms. The van der Waals surface area contributed by atoms with E-state index in [4.69, 9.17) is 10.3 Å². The maximum atomic E-state index is 5.57. The van der Waals surface area contributed by atoms with E-state index in [-0.39, 0.29) is 0 Å². The summed E-state index contributed by atoms with van der Waals surface area (Å²) >= 11 is 0. The van der Waals surface area contributed by atoms with E-state index in [1.807, 2.05) is 37.1 Å². The van der Waals surface area contributed by atoms with E-state index in [2.05, 4.69) is 10.1 Å². The van der Waals surface area contributed by atoms with Crippen molar-refractivity contribution in [2.24, 2.45) is 0 Å². The maximum Gasteiger partial charge on any atom is 0.133 e. The minimum absolute atomic E-state index is 0.661. The molecule has 0 aliphatic carbocycles. The molecule has 2 rings (SSSR count). The zero-order valence-electron chi connectivity index (χ0n) is 9.34. The van der Waals surface area contributed by atoms with Gasteiger partial charge in [0.1, 0.15) is 17.3 Å². The fourth-order valence-electron chi connectivity index (χ4n) is 1.44. The van der Waals surface area contributed by atoms with Gasteiger partial charge in [-0.15, -0.1) is 0 Å². The van der Waals surface area contributed by atoms with Crippen LogP contribution >= 0.6 is 0 Å². The first-order valence-electron chi connectivity index (χ1n) is 5.00. The SMILES string of the molecule is Cc1cc(CN(C)c2ccc(N)cn2)no1. The lowest BCUT2D eigenvalue weighted by atomic mass is 10.3. The van der Waals surface area contributed by atoms with Crippen LogP contribution in [0.2, 0.25) is 0 Å². The van der Waals surface area contributed by atoms with E-state index in [0.29, 0.717) is 12.2 Å². The second kappa shape index (κ2) is 4.22. The molecule has 0 saturated carbocycles. The van der Waals surface area contributed by atoms with Gasteiger partial charge >= 0.3 is 0 Å². The van der Waals surface area contributed by atoms with E-state index in [1.165, 1.54) is 0 Å². The van der Waals surface area contributed by atoms with E-state index < -0.39 is 0 Å². The minimum Gasteiger partial charge on any atom is -0.397 e. The summed E-state index contributed by atoms with van der Waals surface area (Å²) in [6, 6.07) is 5.61. The summed E-state index contributed by atoms with van der Waals surface area (Å²) in [6.07, 6.45) is 1.64. The van der Waals surface area contributed by atoms with Gasteiger partial charge in [0.2, 0.25) is 0 Å². The number of pyridine rings is 1. The van der Waals surface area contributed by atoms with Crippen LogP contribution in [0.25, 0.3) is 0 Å². The van der Waals surface area contributed by atoms with Gasteiger partial charge in [0.25, 0.3) is 0 Å². The number of nitrogens with zero attached hydrogens (tertiary/aromatic N) is 3. The lowest BCUT2D eigenvalue weighted by Gasteiger charge is -2.16. The van der Waals surface area contributed by atoms with E-state index >= 15 is 0 Å². The zero-order chi connectivity index (χ0) is 11.5. The largest absolute Gasteiger partial charge is 0.397 e. The van der Waals surface area contributed by atoms with Crippen molar-refractivity contribution in [1.29, 1.82) is 0 Å². The van der Waals surface area contributed by atoms with Gasteiger partial charge in [-0.05, 0) is 19.1 Å². The Bertz CT molecular complexity index is 463. The van der Waals surface area contributed by atoms with Crippen molar-refractivity contribution in [2.75, 3.05) is 17.7 Å². The number of hydrogen-bond acceptors (Lipinski definition) is 5. The van der Waals surface area contributed by atoms with Gasteiger partial charge < -0.3 is 15.2 Å². The topological polar surface area (TPSA) is 68.2 Å². The number of aryl methyl sites for hydroxylation is 1. The van der Waals surface area contributed by atoms with Crippen LogP contribution in [0.3, 0.4) is 0 Å². The van der Waals surface area contributed by atoms with Crippen LogP contribution < -0.4 is 10.6 Å². The number of aromatic nitrogens is 2. The van der Waals surface area contributed by atoms with Gasteiger partial charge in [0.05, 0.1) is 18.4 Å². The van der Waals surface area contributed by atoms with Crippen molar-refractivity contribution in [2.45, 2.75) is 13.5 Å². The average Bonchev–Trinajstić information content (AvgIpc) is 2.65. The minimum atomic E-state index is 0.661. The van der Waals surface area contributed by atoms with E-state index in [9.17, 15) is 0 Å². The Kier molecular flexibility index (Phi) is 2.76. The molecule has 0 unspecified atom stereocenters. The Balaban J connectivity index is 2.08. The van der Waals surface area contributed by atoms with Gasteiger partial charge in [0.15, 0.2) is 0 Å². The summed E-state index contributed by atoms with van der Waals surface area (Å²) in [4.78, 5) is 6.21. The monoisotopic (exact) mass is 218 g/mol. The number of hydrogen-bond donors (Lipinski definition) is 1. The van der Waals surface area contributed by atoms with E-state index in [0.717, 1.165) is 17.3 Å². The van der Waals surface area contributed by atoms with Crippen LogP contribution in [0.1, 0.15) is 11.5 Å². The van der Waals surface area contributed by atoms with Crippen molar-refractivity contribution in [3.8, 4) is 0 Å². The molecule has 0 aromatic carbocycles. The molecule has 5 nitrogen and oxygen atoms in total. The highest BCUT2D eigenvalue weighted by Crippen LogP contribution is 2.13. The summed E-state index contributed by atoms with van der Waals surface area (Å²) in [5, 5.41) is 3.93. The standard InChI is InChI=1S/C11H14N4O/c1-8-5-10(14-16-8)7-15(2)11-4-3-9(12)6-13-11/h3-6H,7,12H2,1-2H3. The number of nitrogens with two attached hydrogens (primary N) is 1. The van der Waals surface area contributed by atoms with Crippen LogP contribution in [0.15, 0.2) is 28.9 Å². The molecule has 0 atom stereocenters. The molecule has 16 heavy (non-hydrogen) atoms. The highest BCUT2D eigenvalue weighted by atomic mass is 16.5. The molecule has 0 amide bonds. The second-order valence-corrected chi connectivity index (χ2v) is 3.73. The van der Waals surface area contributed by atoms with Crippen LogP contribution in [0.4, 0.5) is 11.5 Å². The molecule has 2 N–H and O–H groups in total. The van der Waals surface area contributed by atoms with Crippen molar-refractivity contribution < 1.29 is 4.52 Å². The zero-order valence-corrected chi connectivity index (χ0v) is 9.34. The van der Waals surface area contributed by atoms with Crippen LogP contribution in [-0.2, 0) is 6.54 Å². The van der Waals surface area contributed by atoms with Gasteiger partial charge in [-0.1, -0.05) is 5.16 Å². The molecule has 2 aromatic heterocycles. The third kappa shape index (κ3) is 2.31. The highest BCUT2D eigenvalue weighted by Gasteiger charge is 2.06. The third-order valence-corrected chi connectivity index (χ3v) is 2.24. The fourth-order valence-corrected chi connectivity index (χ4v) is 1.44. The van der Waals surface area contributed by atoms with Crippen LogP contribution in [0.5, 0.6) is 0 Å². The Morgan fingerprint density at radius 3 is 2.81 bits per heavy atom. The molecule has 84 valence electrons. The average molecular weight is 218 g/mol. The van der Waals surface area contributed by atoms with Gasteiger partial charge in [-0.3, -0.25) is 0 Å². The van der Waals surface area contributed by atoms with Crippen molar-refractivity contribution >= 4 is 11.5 Å². The summed E-state index contributed by atoms with van der Waals surface area (Å²) in [5.41, 5.74) is 7.12. The predicted molar refractivity (Wildman–Crippen MR) is 62.0 cm³/mol. The summed E-state index contributed by atoms with van der Waals surface area (Å²) in [5.74, 6) is 1.67. The number of anilines is 2. The fraction of sp³-hybridized carbons (Fsp3) is 0.273. The summed E-state index contributed by atoms with van der Waals surface area (Å²) in [6.45, 7) is 2.53. The second-order valence-electron chi connectivity index (χ2n) is 3.73. The molecule has 0 bridgehead atoms. The molecule has 0 saturated heterocycles. The Morgan fingerprint density at radius 2 is 2.25 bits per heavy atom. The molecule has 0 aliphatic heterocycles. The van der Waals surface area contributed by atoms with Crippen molar-refractivity contribution in [1.82, 2.24) is 10.1 Å². The molecule has 2 heterocycles. The molecule has 0 radical (unpaired) electrons. The smallest absolute Gasteiger partial charge is 0.133 e. The summed E-state index contributed by atoms with van der Waals surface area (Å²) in [7, 11) is 1.95. The normalized spacial score (nSPS) is 10.4. The Morgan fingerprint density at radius 1 is 1.44 bits per heavy atom. The molecular formula is C11H14N4O. The van der Waals surface area contributed by atoms with Gasteiger partial charge in [-0.2, -0.15) is 0 Å². The molecule has 0 aliphatic rings. The van der Waals surface area contributed by atoms with Crippen LogP contribution in [-0.4, -0.2) is 17.2 Å². The van der Waals surface area contributed by atoms with Gasteiger partial charge in [0, 0.05) is 13.1 Å². The highest BCUT2D eigenvalue weighted by molar-refractivity contribution is 5.45. The van der Waals surface area contributed by atoms with Crippen molar-refractivity contribution in [3.63, 3.8) is 0 Å². The molecule has 2 aromatic rings. The van der Waals surface area contributed by atoms with E-state index in [1.54, 1.807) is 6.20 Å².